The molecular formula is C18H20N2. The number of benzene rings is 1. The first-order valence-corrected chi connectivity index (χ1v) is 7.48. The number of nitrogens with zero attached hydrogens (tertiary/aromatic N) is 2. The molecule has 2 nitrogen and oxygen atoms in total. The van der Waals surface area contributed by atoms with E-state index in [-0.39, 0.29) is 0 Å². The summed E-state index contributed by atoms with van der Waals surface area (Å²) in [4.78, 5) is 2.70. The van der Waals surface area contributed by atoms with Crippen molar-refractivity contribution in [2.24, 2.45) is 0 Å². The number of rotatable bonds is 3. The van der Waals surface area contributed by atoms with Gasteiger partial charge in [-0.15, -0.1) is 0 Å². The molecule has 1 aromatic carbocycles. The van der Waals surface area contributed by atoms with E-state index in [1.807, 2.05) is 6.20 Å². The summed E-state index contributed by atoms with van der Waals surface area (Å²) in [5, 5.41) is 0. The van der Waals surface area contributed by atoms with Crippen molar-refractivity contribution in [3.63, 3.8) is 0 Å². The van der Waals surface area contributed by atoms with Crippen LogP contribution in [0.1, 0.15) is 35.7 Å². The van der Waals surface area contributed by atoms with Crippen molar-refractivity contribution in [1.82, 2.24) is 9.47 Å². The van der Waals surface area contributed by atoms with E-state index in [4.69, 9.17) is 0 Å². The fraction of sp³-hybridized carbons (Fsp3) is 0.333. The van der Waals surface area contributed by atoms with Gasteiger partial charge in [-0.25, -0.2) is 0 Å². The van der Waals surface area contributed by atoms with Crippen molar-refractivity contribution in [2.45, 2.75) is 37.9 Å². The molecule has 0 N–H and O–H groups in total. The van der Waals surface area contributed by atoms with Gasteiger partial charge in [-0.1, -0.05) is 36.9 Å². The first-order valence-electron chi connectivity index (χ1n) is 7.48. The molecule has 2 heteroatoms. The van der Waals surface area contributed by atoms with E-state index in [1.54, 1.807) is 0 Å². The third-order valence-corrected chi connectivity index (χ3v) is 4.89. The zero-order valence-electron chi connectivity index (χ0n) is 11.7. The average molecular weight is 264 g/mol. The predicted molar refractivity (Wildman–Crippen MR) is 82.3 cm³/mol. The number of fused-ring (bicyclic) bond motifs is 4. The van der Waals surface area contributed by atoms with Crippen molar-refractivity contribution < 1.29 is 0 Å². The van der Waals surface area contributed by atoms with Crippen LogP contribution in [-0.4, -0.2) is 15.5 Å². The average Bonchev–Trinajstić information content (AvgIpc) is 3.01. The highest BCUT2D eigenvalue weighted by Crippen LogP contribution is 2.44. The summed E-state index contributed by atoms with van der Waals surface area (Å²) in [5.74, 6) is 0. The Kier molecular flexibility index (Phi) is 2.78. The smallest absolute Gasteiger partial charge is 0.0373 e. The third-order valence-electron chi connectivity index (χ3n) is 4.89. The first-order chi connectivity index (χ1) is 9.86. The number of hydrogen-bond acceptors (Lipinski definition) is 1. The van der Waals surface area contributed by atoms with Gasteiger partial charge in [-0.2, -0.15) is 0 Å². The minimum absolute atomic E-state index is 0.602. The molecule has 0 radical (unpaired) electrons. The van der Waals surface area contributed by atoms with Gasteiger partial charge in [0.05, 0.1) is 0 Å². The van der Waals surface area contributed by atoms with Crippen molar-refractivity contribution in [3.05, 3.63) is 66.0 Å². The lowest BCUT2D eigenvalue weighted by atomic mass is 9.99. The SMILES string of the molecule is C=Cn1ccc2c1C[C@H]1CC[C@H]2N1Cc1ccccc1. The van der Waals surface area contributed by atoms with Crippen LogP contribution in [-0.2, 0) is 13.0 Å². The Balaban J connectivity index is 1.66. The van der Waals surface area contributed by atoms with Crippen LogP contribution in [0, 0.1) is 0 Å². The minimum atomic E-state index is 0.602. The van der Waals surface area contributed by atoms with Gasteiger partial charge < -0.3 is 4.57 Å². The summed E-state index contributed by atoms with van der Waals surface area (Å²) < 4.78 is 2.21. The second kappa shape index (κ2) is 4.64. The maximum atomic E-state index is 3.92. The highest BCUT2D eigenvalue weighted by atomic mass is 15.2. The Hall–Kier alpha value is -1.80. The maximum absolute atomic E-state index is 3.92. The molecular weight excluding hydrogens is 244 g/mol. The zero-order valence-corrected chi connectivity index (χ0v) is 11.7. The Labute approximate surface area is 120 Å². The maximum Gasteiger partial charge on any atom is 0.0373 e. The lowest BCUT2D eigenvalue weighted by Crippen LogP contribution is -2.37. The van der Waals surface area contributed by atoms with Crippen molar-refractivity contribution >= 4 is 6.20 Å². The van der Waals surface area contributed by atoms with E-state index in [9.17, 15) is 0 Å². The fourth-order valence-corrected chi connectivity index (χ4v) is 3.94. The van der Waals surface area contributed by atoms with E-state index in [0.29, 0.717) is 12.1 Å². The van der Waals surface area contributed by atoms with E-state index >= 15 is 0 Å². The summed E-state index contributed by atoms with van der Waals surface area (Å²) in [7, 11) is 0. The molecule has 1 fully saturated rings. The lowest BCUT2D eigenvalue weighted by Gasteiger charge is -2.35. The molecule has 2 aliphatic rings. The van der Waals surface area contributed by atoms with E-state index in [0.717, 1.165) is 13.0 Å². The van der Waals surface area contributed by atoms with E-state index < -0.39 is 0 Å². The highest BCUT2D eigenvalue weighted by molar-refractivity contribution is 5.38. The van der Waals surface area contributed by atoms with Gasteiger partial charge in [-0.05, 0) is 30.0 Å². The van der Waals surface area contributed by atoms with Gasteiger partial charge in [0.25, 0.3) is 0 Å². The molecule has 0 amide bonds. The molecule has 0 spiro atoms. The topological polar surface area (TPSA) is 8.17 Å². The van der Waals surface area contributed by atoms with Crippen LogP contribution < -0.4 is 0 Å². The van der Waals surface area contributed by atoms with Crippen LogP contribution in [0.25, 0.3) is 6.20 Å². The van der Waals surface area contributed by atoms with Crippen molar-refractivity contribution in [2.75, 3.05) is 0 Å². The van der Waals surface area contributed by atoms with Crippen LogP contribution in [0.5, 0.6) is 0 Å². The highest BCUT2D eigenvalue weighted by Gasteiger charge is 2.40. The van der Waals surface area contributed by atoms with Crippen LogP contribution in [0.15, 0.2) is 49.2 Å². The largest absolute Gasteiger partial charge is 0.328 e. The van der Waals surface area contributed by atoms with E-state index in [2.05, 4.69) is 58.6 Å². The van der Waals surface area contributed by atoms with Crippen LogP contribution in [0.3, 0.4) is 0 Å². The summed E-state index contributed by atoms with van der Waals surface area (Å²) in [6.07, 6.45) is 7.89. The Bertz CT molecular complexity index is 626. The normalized spacial score (nSPS) is 24.6. The molecule has 1 aromatic heterocycles. The monoisotopic (exact) mass is 264 g/mol. The molecule has 102 valence electrons. The molecule has 20 heavy (non-hydrogen) atoms. The molecule has 2 atom stereocenters. The number of aromatic nitrogens is 1. The van der Waals surface area contributed by atoms with Crippen LogP contribution in [0.4, 0.5) is 0 Å². The van der Waals surface area contributed by atoms with Gasteiger partial charge >= 0.3 is 0 Å². The molecule has 0 unspecified atom stereocenters. The molecule has 1 saturated heterocycles. The van der Waals surface area contributed by atoms with Gasteiger partial charge in [0.1, 0.15) is 0 Å². The molecule has 2 aromatic rings. The molecule has 2 aliphatic heterocycles. The van der Waals surface area contributed by atoms with Gasteiger partial charge in [0, 0.05) is 43.1 Å². The molecule has 2 bridgehead atoms. The van der Waals surface area contributed by atoms with Gasteiger partial charge in [-0.3, -0.25) is 4.90 Å². The molecule has 0 aliphatic carbocycles. The van der Waals surface area contributed by atoms with Crippen molar-refractivity contribution in [1.29, 1.82) is 0 Å². The van der Waals surface area contributed by atoms with E-state index in [1.165, 1.54) is 29.7 Å². The molecule has 0 saturated carbocycles. The quantitative estimate of drug-likeness (QED) is 0.817. The predicted octanol–water partition coefficient (Wildman–Crippen LogP) is 3.85. The standard InChI is InChI=1S/C18H20N2/c1-2-19-11-10-16-17-9-8-15(12-18(16)19)20(17)13-14-6-4-3-5-7-14/h2-7,10-11,15,17H,1,8-9,12-13H2/t15-,17-/m1/s1. The second-order valence-corrected chi connectivity index (χ2v) is 5.92. The minimum Gasteiger partial charge on any atom is -0.328 e. The fourth-order valence-electron chi connectivity index (χ4n) is 3.94. The lowest BCUT2D eigenvalue weighted by molar-refractivity contribution is 0.167. The third kappa shape index (κ3) is 1.75. The van der Waals surface area contributed by atoms with Gasteiger partial charge in [0.2, 0.25) is 0 Å². The molecule has 3 heterocycles. The van der Waals surface area contributed by atoms with Crippen LogP contribution >= 0.6 is 0 Å². The molecule has 4 rings (SSSR count). The van der Waals surface area contributed by atoms with Crippen LogP contribution in [0.2, 0.25) is 0 Å². The summed E-state index contributed by atoms with van der Waals surface area (Å²) in [5.41, 5.74) is 4.43. The summed E-state index contributed by atoms with van der Waals surface area (Å²) in [6.45, 7) is 5.00. The van der Waals surface area contributed by atoms with Crippen molar-refractivity contribution in [3.8, 4) is 0 Å². The van der Waals surface area contributed by atoms with Gasteiger partial charge in [0.15, 0.2) is 0 Å². The zero-order chi connectivity index (χ0) is 13.5. The summed E-state index contributed by atoms with van der Waals surface area (Å²) >= 11 is 0. The first kappa shape index (κ1) is 12.0. The summed E-state index contributed by atoms with van der Waals surface area (Å²) in [6, 6.07) is 14.4. The number of hydrogen-bond donors (Lipinski definition) is 0. The Morgan fingerprint density at radius 3 is 2.80 bits per heavy atom. The Morgan fingerprint density at radius 1 is 1.15 bits per heavy atom. The second-order valence-electron chi connectivity index (χ2n) is 5.92. The Morgan fingerprint density at radius 2 is 2.00 bits per heavy atom.